The zero-order valence-electron chi connectivity index (χ0n) is 12.5. The lowest BCUT2D eigenvalue weighted by Gasteiger charge is -2.18. The molecule has 0 N–H and O–H groups in total. The van der Waals surface area contributed by atoms with E-state index in [1.165, 1.54) is 25.7 Å². The summed E-state index contributed by atoms with van der Waals surface area (Å²) < 4.78 is 5.37. The molecule has 0 aromatic heterocycles. The Labute approximate surface area is 117 Å². The van der Waals surface area contributed by atoms with Crippen molar-refractivity contribution in [3.05, 3.63) is 0 Å². The monoisotopic (exact) mass is 271 g/mol. The SMILES string of the molecule is CCCCCCCC(CC)OC(=O)ON1CCCC1. The molecular weight excluding hydrogens is 242 g/mol. The third-order valence-corrected chi connectivity index (χ3v) is 3.62. The van der Waals surface area contributed by atoms with E-state index in [4.69, 9.17) is 9.57 Å². The first kappa shape index (κ1) is 16.3. The molecule has 4 nitrogen and oxygen atoms in total. The van der Waals surface area contributed by atoms with Crippen LogP contribution in [-0.4, -0.2) is 30.4 Å². The molecule has 0 bridgehead atoms. The van der Waals surface area contributed by atoms with Gasteiger partial charge in [-0.15, -0.1) is 5.06 Å². The van der Waals surface area contributed by atoms with Crippen LogP contribution in [0.4, 0.5) is 4.79 Å². The molecule has 1 aliphatic rings. The number of hydroxylamine groups is 2. The molecule has 0 radical (unpaired) electrons. The van der Waals surface area contributed by atoms with Crippen molar-refractivity contribution in [1.82, 2.24) is 5.06 Å². The third-order valence-electron chi connectivity index (χ3n) is 3.62. The van der Waals surface area contributed by atoms with E-state index >= 15 is 0 Å². The maximum absolute atomic E-state index is 11.6. The summed E-state index contributed by atoms with van der Waals surface area (Å²) in [7, 11) is 0. The zero-order chi connectivity index (χ0) is 13.9. The summed E-state index contributed by atoms with van der Waals surface area (Å²) in [6.45, 7) is 5.94. The van der Waals surface area contributed by atoms with Crippen molar-refractivity contribution in [3.63, 3.8) is 0 Å². The lowest BCUT2D eigenvalue weighted by molar-refractivity contribution is -0.121. The summed E-state index contributed by atoms with van der Waals surface area (Å²) in [6.07, 6.45) is 9.71. The molecule has 1 aliphatic heterocycles. The predicted molar refractivity (Wildman–Crippen MR) is 75.8 cm³/mol. The molecule has 1 fully saturated rings. The van der Waals surface area contributed by atoms with Gasteiger partial charge in [-0.05, 0) is 32.1 Å². The van der Waals surface area contributed by atoms with Crippen LogP contribution in [0.5, 0.6) is 0 Å². The van der Waals surface area contributed by atoms with Crippen molar-refractivity contribution < 1.29 is 14.4 Å². The van der Waals surface area contributed by atoms with Gasteiger partial charge in [0.2, 0.25) is 0 Å². The van der Waals surface area contributed by atoms with Crippen LogP contribution in [0.3, 0.4) is 0 Å². The molecule has 1 heterocycles. The second-order valence-electron chi connectivity index (χ2n) is 5.33. The number of hydrogen-bond acceptors (Lipinski definition) is 4. The standard InChI is InChI=1S/C15H29NO3/c1-3-5-6-7-8-11-14(4-2)18-15(17)19-16-12-9-10-13-16/h14H,3-13H2,1-2H3. The predicted octanol–water partition coefficient (Wildman–Crippen LogP) is 4.29. The summed E-state index contributed by atoms with van der Waals surface area (Å²) >= 11 is 0. The van der Waals surface area contributed by atoms with Gasteiger partial charge in [-0.1, -0.05) is 39.5 Å². The van der Waals surface area contributed by atoms with Gasteiger partial charge in [0, 0.05) is 13.1 Å². The van der Waals surface area contributed by atoms with Gasteiger partial charge in [-0.25, -0.2) is 4.79 Å². The van der Waals surface area contributed by atoms with Gasteiger partial charge in [0.25, 0.3) is 0 Å². The Kier molecular flexibility index (Phi) is 8.63. The van der Waals surface area contributed by atoms with Crippen LogP contribution in [0.1, 0.15) is 71.6 Å². The summed E-state index contributed by atoms with van der Waals surface area (Å²) in [6, 6.07) is 0. The highest BCUT2D eigenvalue weighted by Crippen LogP contribution is 2.14. The van der Waals surface area contributed by atoms with Crippen LogP contribution in [0.15, 0.2) is 0 Å². The highest BCUT2D eigenvalue weighted by Gasteiger charge is 2.19. The molecule has 19 heavy (non-hydrogen) atoms. The minimum absolute atomic E-state index is 0.0109. The number of rotatable bonds is 9. The van der Waals surface area contributed by atoms with Crippen LogP contribution in [-0.2, 0) is 9.57 Å². The Morgan fingerprint density at radius 3 is 2.42 bits per heavy atom. The number of carbonyl (C=O) groups is 1. The number of carbonyl (C=O) groups excluding carboxylic acids is 1. The lowest BCUT2D eigenvalue weighted by Crippen LogP contribution is -2.27. The molecule has 1 rings (SSSR count). The van der Waals surface area contributed by atoms with Gasteiger partial charge in [0.05, 0.1) is 0 Å². The van der Waals surface area contributed by atoms with Crippen molar-refractivity contribution in [2.45, 2.75) is 77.7 Å². The van der Waals surface area contributed by atoms with Gasteiger partial charge in [0.15, 0.2) is 0 Å². The van der Waals surface area contributed by atoms with E-state index < -0.39 is 6.16 Å². The summed E-state index contributed by atoms with van der Waals surface area (Å²) in [4.78, 5) is 16.8. The fraction of sp³-hybridized carbons (Fsp3) is 0.933. The molecule has 0 aliphatic carbocycles. The molecule has 1 unspecified atom stereocenters. The molecule has 4 heteroatoms. The van der Waals surface area contributed by atoms with Gasteiger partial charge < -0.3 is 9.57 Å². The molecule has 0 saturated carbocycles. The summed E-state index contributed by atoms with van der Waals surface area (Å²) in [5.41, 5.74) is 0. The number of ether oxygens (including phenoxy) is 1. The first-order valence-corrected chi connectivity index (χ1v) is 7.89. The molecule has 0 amide bonds. The summed E-state index contributed by atoms with van der Waals surface area (Å²) in [5.74, 6) is 0. The fourth-order valence-corrected chi connectivity index (χ4v) is 2.36. The van der Waals surface area contributed by atoms with E-state index in [2.05, 4.69) is 13.8 Å². The Balaban J connectivity index is 2.10. The van der Waals surface area contributed by atoms with Gasteiger partial charge >= 0.3 is 6.16 Å². The zero-order valence-corrected chi connectivity index (χ0v) is 12.5. The van der Waals surface area contributed by atoms with Crippen LogP contribution in [0.25, 0.3) is 0 Å². The Hall–Kier alpha value is -0.770. The third kappa shape index (κ3) is 7.41. The first-order chi connectivity index (χ1) is 9.26. The van der Waals surface area contributed by atoms with E-state index in [0.717, 1.165) is 45.2 Å². The molecular formula is C15H29NO3. The molecule has 0 spiro atoms. The van der Waals surface area contributed by atoms with Gasteiger partial charge in [-0.2, -0.15) is 0 Å². The fourth-order valence-electron chi connectivity index (χ4n) is 2.36. The second-order valence-corrected chi connectivity index (χ2v) is 5.33. The first-order valence-electron chi connectivity index (χ1n) is 7.89. The maximum atomic E-state index is 11.6. The normalized spacial score (nSPS) is 17.4. The summed E-state index contributed by atoms with van der Waals surface area (Å²) in [5, 5.41) is 1.70. The lowest BCUT2D eigenvalue weighted by atomic mass is 10.1. The van der Waals surface area contributed by atoms with E-state index in [1.54, 1.807) is 5.06 Å². The molecule has 0 aromatic carbocycles. The Morgan fingerprint density at radius 2 is 1.79 bits per heavy atom. The van der Waals surface area contributed by atoms with Crippen molar-refractivity contribution in [2.24, 2.45) is 0 Å². The molecule has 1 saturated heterocycles. The number of hydrogen-bond donors (Lipinski definition) is 0. The van der Waals surface area contributed by atoms with Gasteiger partial charge in [0.1, 0.15) is 6.10 Å². The average molecular weight is 271 g/mol. The molecule has 0 aromatic rings. The van der Waals surface area contributed by atoms with Crippen LogP contribution >= 0.6 is 0 Å². The Bertz CT molecular complexity index is 240. The van der Waals surface area contributed by atoms with E-state index in [-0.39, 0.29) is 6.10 Å². The van der Waals surface area contributed by atoms with Crippen molar-refractivity contribution in [1.29, 1.82) is 0 Å². The highest BCUT2D eigenvalue weighted by atomic mass is 16.8. The smallest absolute Gasteiger partial charge is 0.430 e. The second kappa shape index (κ2) is 10.1. The minimum atomic E-state index is -0.526. The number of nitrogens with zero attached hydrogens (tertiary/aromatic N) is 1. The van der Waals surface area contributed by atoms with Gasteiger partial charge in [-0.3, -0.25) is 0 Å². The van der Waals surface area contributed by atoms with Crippen molar-refractivity contribution in [2.75, 3.05) is 13.1 Å². The van der Waals surface area contributed by atoms with E-state index in [0.29, 0.717) is 0 Å². The van der Waals surface area contributed by atoms with E-state index in [1.807, 2.05) is 0 Å². The number of unbranched alkanes of at least 4 members (excludes halogenated alkanes) is 4. The maximum Gasteiger partial charge on any atom is 0.528 e. The minimum Gasteiger partial charge on any atom is -0.430 e. The molecule has 1 atom stereocenters. The van der Waals surface area contributed by atoms with Crippen LogP contribution in [0.2, 0.25) is 0 Å². The Morgan fingerprint density at radius 1 is 1.11 bits per heavy atom. The largest absolute Gasteiger partial charge is 0.528 e. The highest BCUT2D eigenvalue weighted by molar-refractivity contribution is 5.59. The van der Waals surface area contributed by atoms with Crippen LogP contribution < -0.4 is 0 Å². The average Bonchev–Trinajstić information content (AvgIpc) is 2.89. The van der Waals surface area contributed by atoms with E-state index in [9.17, 15) is 4.79 Å². The van der Waals surface area contributed by atoms with Crippen molar-refractivity contribution in [3.8, 4) is 0 Å². The quantitative estimate of drug-likeness (QED) is 0.463. The van der Waals surface area contributed by atoms with Crippen molar-refractivity contribution >= 4 is 6.16 Å². The molecule has 112 valence electrons. The topological polar surface area (TPSA) is 38.8 Å². The van der Waals surface area contributed by atoms with Crippen LogP contribution in [0, 0.1) is 0 Å².